The first-order valence-electron chi connectivity index (χ1n) is 30.2. The minimum absolute atomic E-state index is 0.0252. The van der Waals surface area contributed by atoms with Gasteiger partial charge in [-0.1, -0.05) is 157 Å². The molecule has 13 nitrogen and oxygen atoms in total. The number of amides is 1. The Balaban J connectivity index is 5.43. The van der Waals surface area contributed by atoms with E-state index >= 15 is 0 Å². The van der Waals surface area contributed by atoms with Crippen molar-refractivity contribution in [3.63, 3.8) is 0 Å². The van der Waals surface area contributed by atoms with E-state index < -0.39 is 23.9 Å². The molecule has 0 aliphatic rings. The van der Waals surface area contributed by atoms with Gasteiger partial charge in [-0.25, -0.2) is 0 Å². The summed E-state index contributed by atoms with van der Waals surface area (Å²) >= 11 is 0. The molecule has 0 aliphatic carbocycles. The lowest BCUT2D eigenvalue weighted by atomic mass is 10.1. The number of unbranched alkanes of at least 4 members (excludes halogenated alkanes) is 19. The topological polar surface area (TPSA) is 155 Å². The smallest absolute Gasteiger partial charge is 0.306 e. The SMILES string of the molecule is CCCCCCCCC(CC)OC(=O)CCCCCCC(=O)OCC(COC(=O)CCCCCCC(=O)OC(CC)CCCCCCCC)N(CCCN(C)C)C(=O)CCC(=O)OC(CCC)CCCCCC. The van der Waals surface area contributed by atoms with Gasteiger partial charge in [0.25, 0.3) is 0 Å². The molecule has 0 N–H and O–H groups in total. The van der Waals surface area contributed by atoms with Crippen LogP contribution in [-0.4, -0.2) is 110 Å². The molecule has 0 aromatic carbocycles. The normalized spacial score (nSPS) is 13.0. The average Bonchev–Trinajstić information content (AvgIpc) is 3.36. The first kappa shape index (κ1) is 69.8. The third kappa shape index (κ3) is 42.7. The van der Waals surface area contributed by atoms with Gasteiger partial charge in [-0.05, 0) is 111 Å². The lowest BCUT2D eigenvalue weighted by Crippen LogP contribution is -2.47. The van der Waals surface area contributed by atoms with Crippen molar-refractivity contribution in [3.8, 4) is 0 Å². The standard InChI is InChI=1S/C60H112N2O11/c1-9-15-18-21-23-30-38-52(13-5)71-58(66)43-34-27-25-32-41-56(64)69-49-51(50-70-57(65)42-33-26-28-35-44-59(67)72-53(14-6)39-31-24-22-19-16-10-2)62(48-36-47-61(7)8)55(63)45-46-60(68)73-54(37-12-4)40-29-20-17-11-3/h51-54H,9-50H2,1-8H3. The molecule has 1 amide bonds. The van der Waals surface area contributed by atoms with E-state index in [1.807, 2.05) is 19.0 Å². The summed E-state index contributed by atoms with van der Waals surface area (Å²) in [6, 6.07) is -0.747. The molecule has 0 aliphatic heterocycles. The van der Waals surface area contributed by atoms with Gasteiger partial charge in [0, 0.05) is 38.6 Å². The summed E-state index contributed by atoms with van der Waals surface area (Å²) in [5.74, 6) is -1.82. The summed E-state index contributed by atoms with van der Waals surface area (Å²) < 4.78 is 29.0. The highest BCUT2D eigenvalue weighted by molar-refractivity contribution is 5.82. The van der Waals surface area contributed by atoms with Crippen molar-refractivity contribution in [3.05, 3.63) is 0 Å². The molecule has 3 unspecified atom stereocenters. The molecular formula is C60H112N2O11. The monoisotopic (exact) mass is 1040 g/mol. The maximum atomic E-state index is 14.0. The maximum Gasteiger partial charge on any atom is 0.306 e. The van der Waals surface area contributed by atoms with Gasteiger partial charge >= 0.3 is 29.8 Å². The Morgan fingerprint density at radius 3 is 1.11 bits per heavy atom. The van der Waals surface area contributed by atoms with Gasteiger partial charge < -0.3 is 33.5 Å². The Morgan fingerprint density at radius 1 is 0.342 bits per heavy atom. The van der Waals surface area contributed by atoms with Gasteiger partial charge in [-0.3, -0.25) is 28.8 Å². The Kier molecular flexibility index (Phi) is 47.5. The van der Waals surface area contributed by atoms with E-state index in [4.69, 9.17) is 23.7 Å². The van der Waals surface area contributed by atoms with Crippen LogP contribution >= 0.6 is 0 Å². The number of hydrogen-bond acceptors (Lipinski definition) is 12. The highest BCUT2D eigenvalue weighted by atomic mass is 16.6. The summed E-state index contributed by atoms with van der Waals surface area (Å²) in [5.41, 5.74) is 0. The molecule has 0 heterocycles. The number of rotatable bonds is 52. The minimum Gasteiger partial charge on any atom is -0.463 e. The van der Waals surface area contributed by atoms with Crippen LogP contribution in [0.15, 0.2) is 0 Å². The Labute approximate surface area is 446 Å². The van der Waals surface area contributed by atoms with Crippen LogP contribution in [0.5, 0.6) is 0 Å². The molecule has 0 saturated carbocycles. The quantitative estimate of drug-likeness (QED) is 0.0323. The summed E-state index contributed by atoms with van der Waals surface area (Å²) in [4.78, 5) is 82.2. The van der Waals surface area contributed by atoms with E-state index in [-0.39, 0.29) is 75.1 Å². The summed E-state index contributed by atoms with van der Waals surface area (Å²) in [6.07, 6.45) is 31.8. The molecule has 73 heavy (non-hydrogen) atoms. The van der Waals surface area contributed by atoms with Crippen LogP contribution in [-0.2, 0) is 52.5 Å². The molecule has 0 aromatic rings. The molecule has 3 atom stereocenters. The first-order valence-corrected chi connectivity index (χ1v) is 30.2. The third-order valence-corrected chi connectivity index (χ3v) is 13.8. The van der Waals surface area contributed by atoms with Crippen LogP contribution in [0.25, 0.3) is 0 Å². The van der Waals surface area contributed by atoms with Gasteiger partial charge in [0.2, 0.25) is 5.91 Å². The maximum absolute atomic E-state index is 14.0. The van der Waals surface area contributed by atoms with Crippen LogP contribution < -0.4 is 0 Å². The lowest BCUT2D eigenvalue weighted by molar-refractivity contribution is -0.156. The first-order chi connectivity index (χ1) is 35.3. The highest BCUT2D eigenvalue weighted by Crippen LogP contribution is 2.19. The van der Waals surface area contributed by atoms with Crippen molar-refractivity contribution in [2.24, 2.45) is 0 Å². The van der Waals surface area contributed by atoms with Crippen molar-refractivity contribution in [2.45, 2.75) is 310 Å². The van der Waals surface area contributed by atoms with E-state index in [2.05, 4.69) is 41.5 Å². The zero-order chi connectivity index (χ0) is 54.2. The van der Waals surface area contributed by atoms with Gasteiger partial charge in [-0.15, -0.1) is 0 Å². The molecule has 0 saturated heterocycles. The van der Waals surface area contributed by atoms with E-state index in [1.54, 1.807) is 4.90 Å². The van der Waals surface area contributed by atoms with E-state index in [9.17, 15) is 28.8 Å². The van der Waals surface area contributed by atoms with Gasteiger partial charge in [0.05, 0.1) is 12.5 Å². The molecule has 0 fully saturated rings. The molecule has 0 radical (unpaired) electrons. The van der Waals surface area contributed by atoms with Crippen LogP contribution in [0, 0.1) is 0 Å². The van der Waals surface area contributed by atoms with Crippen LogP contribution in [0.3, 0.4) is 0 Å². The fourth-order valence-electron chi connectivity index (χ4n) is 9.07. The molecule has 0 spiro atoms. The number of nitrogens with zero attached hydrogens (tertiary/aromatic N) is 2. The van der Waals surface area contributed by atoms with E-state index in [0.29, 0.717) is 58.0 Å². The van der Waals surface area contributed by atoms with Gasteiger partial charge in [-0.2, -0.15) is 0 Å². The van der Waals surface area contributed by atoms with Crippen LogP contribution in [0.2, 0.25) is 0 Å². The minimum atomic E-state index is -0.747. The predicted octanol–water partition coefficient (Wildman–Crippen LogP) is 14.5. The Morgan fingerprint density at radius 2 is 0.699 bits per heavy atom. The fraction of sp³-hybridized carbons (Fsp3) is 0.900. The number of ether oxygens (including phenoxy) is 5. The molecule has 0 aromatic heterocycles. The predicted molar refractivity (Wildman–Crippen MR) is 295 cm³/mol. The summed E-state index contributed by atoms with van der Waals surface area (Å²) in [6.45, 7) is 13.5. The largest absolute Gasteiger partial charge is 0.463 e. The number of hydrogen-bond donors (Lipinski definition) is 0. The zero-order valence-electron chi connectivity index (χ0n) is 48.4. The summed E-state index contributed by atoms with van der Waals surface area (Å²) in [7, 11) is 3.91. The molecule has 428 valence electrons. The zero-order valence-corrected chi connectivity index (χ0v) is 48.4. The second-order valence-corrected chi connectivity index (χ2v) is 21.0. The molecule has 0 rings (SSSR count). The molecule has 0 bridgehead atoms. The second-order valence-electron chi connectivity index (χ2n) is 21.0. The Hall–Kier alpha value is -3.22. The van der Waals surface area contributed by atoms with Crippen LogP contribution in [0.4, 0.5) is 0 Å². The number of carbonyl (C=O) groups excluding carboxylic acids is 6. The highest BCUT2D eigenvalue weighted by Gasteiger charge is 2.28. The van der Waals surface area contributed by atoms with E-state index in [0.717, 1.165) is 109 Å². The third-order valence-electron chi connectivity index (χ3n) is 13.8. The molecule has 13 heteroatoms. The van der Waals surface area contributed by atoms with Gasteiger partial charge in [0.1, 0.15) is 31.5 Å². The summed E-state index contributed by atoms with van der Waals surface area (Å²) in [5, 5.41) is 0. The van der Waals surface area contributed by atoms with Crippen molar-refractivity contribution >= 4 is 35.8 Å². The second kappa shape index (κ2) is 49.6. The number of carbonyl (C=O) groups is 6. The van der Waals surface area contributed by atoms with Crippen molar-refractivity contribution < 1.29 is 52.5 Å². The van der Waals surface area contributed by atoms with Crippen LogP contribution in [0.1, 0.15) is 286 Å². The number of esters is 5. The fourth-order valence-corrected chi connectivity index (χ4v) is 9.07. The van der Waals surface area contributed by atoms with E-state index in [1.165, 1.54) is 64.2 Å². The lowest BCUT2D eigenvalue weighted by Gasteiger charge is -2.32. The van der Waals surface area contributed by atoms with Gasteiger partial charge in [0.15, 0.2) is 0 Å². The molecular weight excluding hydrogens is 925 g/mol. The van der Waals surface area contributed by atoms with Crippen molar-refractivity contribution in [2.75, 3.05) is 40.4 Å². The average molecular weight is 1040 g/mol. The Bertz CT molecular complexity index is 1310. The van der Waals surface area contributed by atoms with Crippen molar-refractivity contribution in [1.82, 2.24) is 9.80 Å². The van der Waals surface area contributed by atoms with Crippen molar-refractivity contribution in [1.29, 1.82) is 0 Å².